The highest BCUT2D eigenvalue weighted by atomic mass is 79.9. The van der Waals surface area contributed by atoms with Crippen molar-refractivity contribution in [3.8, 4) is 0 Å². The van der Waals surface area contributed by atoms with Crippen LogP contribution in [-0.2, 0) is 0 Å². The summed E-state index contributed by atoms with van der Waals surface area (Å²) in [6.45, 7) is 0. The monoisotopic (exact) mass is 450 g/mol. The minimum atomic E-state index is -0.493. The largest absolute Gasteiger partial charge is 0.206 e. The molecule has 0 atom stereocenters. The molecule has 0 saturated heterocycles. The van der Waals surface area contributed by atoms with Crippen LogP contribution in [0.25, 0.3) is 0 Å². The van der Waals surface area contributed by atoms with Gasteiger partial charge in [-0.3, -0.25) is 0 Å². The SMILES string of the molecule is Fc1cc(Br)ccc1/C(Cl)=N/N=C(\Cl)c1ccc(Br)cc1. The first-order chi connectivity index (χ1) is 9.97. The van der Waals surface area contributed by atoms with E-state index in [4.69, 9.17) is 23.2 Å². The van der Waals surface area contributed by atoms with E-state index in [0.717, 1.165) is 4.47 Å². The van der Waals surface area contributed by atoms with Crippen molar-refractivity contribution in [2.75, 3.05) is 0 Å². The summed E-state index contributed by atoms with van der Waals surface area (Å²) >= 11 is 18.5. The molecule has 0 heterocycles. The lowest BCUT2D eigenvalue weighted by Gasteiger charge is -2.00. The molecule has 0 aromatic heterocycles. The minimum Gasteiger partial charge on any atom is -0.206 e. The van der Waals surface area contributed by atoms with Gasteiger partial charge in [0.2, 0.25) is 0 Å². The van der Waals surface area contributed by atoms with E-state index >= 15 is 0 Å². The van der Waals surface area contributed by atoms with Gasteiger partial charge in [-0.05, 0) is 30.3 Å². The van der Waals surface area contributed by atoms with Crippen LogP contribution < -0.4 is 0 Å². The van der Waals surface area contributed by atoms with E-state index in [1.54, 1.807) is 18.2 Å². The Morgan fingerprint density at radius 1 is 0.857 bits per heavy atom. The highest BCUT2D eigenvalue weighted by molar-refractivity contribution is 9.10. The zero-order chi connectivity index (χ0) is 15.4. The number of nitrogens with zero attached hydrogens (tertiary/aromatic N) is 2. The van der Waals surface area contributed by atoms with Gasteiger partial charge in [-0.15, -0.1) is 10.2 Å². The van der Waals surface area contributed by atoms with E-state index in [0.29, 0.717) is 10.0 Å². The van der Waals surface area contributed by atoms with Crippen molar-refractivity contribution >= 4 is 65.4 Å². The van der Waals surface area contributed by atoms with Crippen molar-refractivity contribution in [3.63, 3.8) is 0 Å². The summed E-state index contributed by atoms with van der Waals surface area (Å²) in [4.78, 5) is 0. The number of rotatable bonds is 3. The maximum atomic E-state index is 13.7. The molecule has 2 aromatic carbocycles. The molecule has 0 aliphatic rings. The van der Waals surface area contributed by atoms with Crippen LogP contribution in [-0.4, -0.2) is 10.3 Å². The quantitative estimate of drug-likeness (QED) is 0.407. The zero-order valence-corrected chi connectivity index (χ0v) is 15.0. The van der Waals surface area contributed by atoms with Crippen molar-refractivity contribution in [1.82, 2.24) is 0 Å². The molecule has 0 amide bonds. The lowest BCUT2D eigenvalue weighted by atomic mass is 10.2. The molecule has 2 nitrogen and oxygen atoms in total. The van der Waals surface area contributed by atoms with Crippen molar-refractivity contribution in [2.24, 2.45) is 10.2 Å². The molecule has 21 heavy (non-hydrogen) atoms. The van der Waals surface area contributed by atoms with Gasteiger partial charge < -0.3 is 0 Å². The fourth-order valence-electron chi connectivity index (χ4n) is 1.44. The smallest absolute Gasteiger partial charge is 0.161 e. The first-order valence-corrected chi connectivity index (χ1v) is 7.99. The maximum absolute atomic E-state index is 13.7. The Morgan fingerprint density at radius 2 is 1.43 bits per heavy atom. The molecule has 0 aliphatic heterocycles. The second-order valence-electron chi connectivity index (χ2n) is 3.91. The third kappa shape index (κ3) is 4.61. The third-order valence-electron chi connectivity index (χ3n) is 2.46. The topological polar surface area (TPSA) is 24.7 Å². The van der Waals surface area contributed by atoms with Crippen LogP contribution in [0.5, 0.6) is 0 Å². The van der Waals surface area contributed by atoms with Gasteiger partial charge >= 0.3 is 0 Å². The van der Waals surface area contributed by atoms with E-state index in [1.807, 2.05) is 12.1 Å². The second-order valence-corrected chi connectivity index (χ2v) is 6.46. The van der Waals surface area contributed by atoms with Crippen LogP contribution in [0.4, 0.5) is 4.39 Å². The van der Waals surface area contributed by atoms with Crippen molar-refractivity contribution in [2.45, 2.75) is 0 Å². The number of hydrogen-bond acceptors (Lipinski definition) is 2. The summed E-state index contributed by atoms with van der Waals surface area (Å²) in [6.07, 6.45) is 0. The molecule has 0 spiro atoms. The Morgan fingerprint density at radius 3 is 2.05 bits per heavy atom. The number of benzene rings is 2. The average molecular weight is 453 g/mol. The Hall–Kier alpha value is -0.750. The third-order valence-corrected chi connectivity index (χ3v) is 4.06. The highest BCUT2D eigenvalue weighted by Gasteiger charge is 2.08. The molecule has 0 bridgehead atoms. The predicted molar refractivity (Wildman–Crippen MR) is 93.0 cm³/mol. The normalized spacial score (nSPS) is 12.6. The molecular formula is C14H7Br2Cl2FN2. The fourth-order valence-corrected chi connectivity index (χ4v) is 2.40. The van der Waals surface area contributed by atoms with E-state index in [1.165, 1.54) is 12.1 Å². The van der Waals surface area contributed by atoms with Gasteiger partial charge in [0, 0.05) is 20.1 Å². The van der Waals surface area contributed by atoms with Gasteiger partial charge in [-0.1, -0.05) is 67.2 Å². The van der Waals surface area contributed by atoms with Gasteiger partial charge in [0.25, 0.3) is 0 Å². The van der Waals surface area contributed by atoms with Crippen molar-refractivity contribution in [1.29, 1.82) is 0 Å². The molecule has 0 saturated carbocycles. The minimum absolute atomic E-state index is 0.0738. The molecule has 0 N–H and O–H groups in total. The molecule has 7 heteroatoms. The van der Waals surface area contributed by atoms with Crippen molar-refractivity contribution < 1.29 is 4.39 Å². The first kappa shape index (κ1) is 16.6. The lowest BCUT2D eigenvalue weighted by molar-refractivity contribution is 0.624. The molecule has 0 radical (unpaired) electrons. The second kappa shape index (κ2) is 7.49. The Kier molecular flexibility index (Phi) is 5.93. The molecular weight excluding hydrogens is 446 g/mol. The molecule has 0 fully saturated rings. The summed E-state index contributed by atoms with van der Waals surface area (Å²) < 4.78 is 15.3. The summed E-state index contributed by atoms with van der Waals surface area (Å²) in [7, 11) is 0. The Bertz CT molecular complexity index is 715. The number of hydrogen-bond donors (Lipinski definition) is 0. The molecule has 2 rings (SSSR count). The van der Waals surface area contributed by atoms with Crippen LogP contribution in [0.3, 0.4) is 0 Å². The number of halogens is 5. The molecule has 108 valence electrons. The lowest BCUT2D eigenvalue weighted by Crippen LogP contribution is -1.96. The Balaban J connectivity index is 2.26. The summed E-state index contributed by atoms with van der Waals surface area (Å²) in [6, 6.07) is 11.7. The van der Waals surface area contributed by atoms with Gasteiger partial charge in [0.1, 0.15) is 5.82 Å². The van der Waals surface area contributed by atoms with Gasteiger partial charge in [-0.25, -0.2) is 4.39 Å². The van der Waals surface area contributed by atoms with Crippen LogP contribution in [0.15, 0.2) is 61.6 Å². The fraction of sp³-hybridized carbons (Fsp3) is 0. The summed E-state index contributed by atoms with van der Waals surface area (Å²) in [5.74, 6) is -0.493. The first-order valence-electron chi connectivity index (χ1n) is 5.65. The highest BCUT2D eigenvalue weighted by Crippen LogP contribution is 2.18. The average Bonchev–Trinajstić information content (AvgIpc) is 2.45. The molecule has 2 aromatic rings. The van der Waals surface area contributed by atoms with E-state index in [9.17, 15) is 4.39 Å². The van der Waals surface area contributed by atoms with E-state index in [2.05, 4.69) is 42.1 Å². The van der Waals surface area contributed by atoms with Crippen LogP contribution in [0, 0.1) is 5.82 Å². The summed E-state index contributed by atoms with van der Waals surface area (Å²) in [5, 5.41) is 7.65. The summed E-state index contributed by atoms with van der Waals surface area (Å²) in [5.41, 5.74) is 0.841. The molecule has 0 aliphatic carbocycles. The van der Waals surface area contributed by atoms with E-state index < -0.39 is 5.82 Å². The van der Waals surface area contributed by atoms with Crippen LogP contribution in [0.2, 0.25) is 0 Å². The maximum Gasteiger partial charge on any atom is 0.161 e. The van der Waals surface area contributed by atoms with Crippen molar-refractivity contribution in [3.05, 3.63) is 68.4 Å². The van der Waals surface area contributed by atoms with Crippen LogP contribution in [0.1, 0.15) is 11.1 Å². The Labute approximate surface area is 147 Å². The predicted octanol–water partition coefficient (Wildman–Crippen LogP) is 5.94. The van der Waals surface area contributed by atoms with Gasteiger partial charge in [0.05, 0.1) is 0 Å². The molecule has 0 unspecified atom stereocenters. The van der Waals surface area contributed by atoms with Crippen LogP contribution >= 0.6 is 55.1 Å². The van der Waals surface area contributed by atoms with Gasteiger partial charge in [0.15, 0.2) is 10.3 Å². The standard InChI is InChI=1S/C14H7Br2Cl2FN2/c15-9-3-1-8(2-4-9)13(17)20-21-14(18)11-6-5-10(16)7-12(11)19/h1-7H/b20-13-,21-14-. The van der Waals surface area contributed by atoms with Gasteiger partial charge in [-0.2, -0.15) is 0 Å². The van der Waals surface area contributed by atoms with E-state index in [-0.39, 0.29) is 15.9 Å². The zero-order valence-electron chi connectivity index (χ0n) is 10.3.